The van der Waals surface area contributed by atoms with E-state index in [0.717, 1.165) is 55.7 Å². The Kier molecular flexibility index (Phi) is 7.21. The van der Waals surface area contributed by atoms with Crippen molar-refractivity contribution in [3.63, 3.8) is 0 Å². The first kappa shape index (κ1) is 23.1. The average molecular weight is 471 g/mol. The summed E-state index contributed by atoms with van der Waals surface area (Å²) >= 11 is 6.07. The molecule has 0 radical (unpaired) electrons. The molecule has 9 heteroatoms. The molecular formula is C24H25ClF2N6. The Morgan fingerprint density at radius 2 is 1.94 bits per heavy atom. The van der Waals surface area contributed by atoms with Gasteiger partial charge in [0.1, 0.15) is 17.3 Å². The molecule has 3 aromatic rings. The molecule has 0 N–H and O–H groups in total. The van der Waals surface area contributed by atoms with Gasteiger partial charge in [-0.3, -0.25) is 9.67 Å². The number of hydrogen-bond acceptors (Lipinski definition) is 5. The lowest BCUT2D eigenvalue weighted by molar-refractivity contribution is 0.373. The predicted octanol–water partition coefficient (Wildman–Crippen LogP) is 3.91. The smallest absolute Gasteiger partial charge is 0.152 e. The number of aryl methyl sites for hydroxylation is 1. The van der Waals surface area contributed by atoms with E-state index in [2.05, 4.69) is 26.8 Å². The van der Waals surface area contributed by atoms with Crippen molar-refractivity contribution in [2.24, 2.45) is 0 Å². The molecule has 0 saturated carbocycles. The van der Waals surface area contributed by atoms with Crippen LogP contribution in [-0.4, -0.2) is 51.8 Å². The van der Waals surface area contributed by atoms with E-state index in [4.69, 9.17) is 16.6 Å². The maximum Gasteiger partial charge on any atom is 0.152 e. The third-order valence-electron chi connectivity index (χ3n) is 5.45. The molecule has 0 spiro atoms. The van der Waals surface area contributed by atoms with Crippen LogP contribution in [0.15, 0.2) is 30.7 Å². The Morgan fingerprint density at radius 3 is 2.76 bits per heavy atom. The number of hydrogen-bond donors (Lipinski definition) is 0. The van der Waals surface area contributed by atoms with Gasteiger partial charge >= 0.3 is 0 Å². The maximum atomic E-state index is 14.4. The predicted molar refractivity (Wildman–Crippen MR) is 124 cm³/mol. The highest BCUT2D eigenvalue weighted by atomic mass is 35.5. The van der Waals surface area contributed by atoms with Gasteiger partial charge in [0.15, 0.2) is 5.82 Å². The van der Waals surface area contributed by atoms with Crippen molar-refractivity contribution in [1.82, 2.24) is 24.6 Å². The summed E-state index contributed by atoms with van der Waals surface area (Å²) in [5.74, 6) is 5.60. The molecule has 3 heterocycles. The number of halogens is 3. The largest absolute Gasteiger partial charge is 0.351 e. The Morgan fingerprint density at radius 1 is 1.12 bits per heavy atom. The summed E-state index contributed by atoms with van der Waals surface area (Å²) in [6, 6.07) is 2.13. The van der Waals surface area contributed by atoms with Gasteiger partial charge in [0.2, 0.25) is 0 Å². The van der Waals surface area contributed by atoms with Crippen LogP contribution in [0.3, 0.4) is 0 Å². The molecule has 0 atom stereocenters. The second kappa shape index (κ2) is 10.3. The number of fused-ring (bicyclic) bond motifs is 1. The van der Waals surface area contributed by atoms with Gasteiger partial charge in [-0.15, -0.1) is 0 Å². The molecule has 6 nitrogen and oxygen atoms in total. The van der Waals surface area contributed by atoms with Crippen molar-refractivity contribution >= 4 is 17.4 Å². The van der Waals surface area contributed by atoms with Crippen molar-refractivity contribution in [3.05, 3.63) is 69.9 Å². The van der Waals surface area contributed by atoms with Crippen LogP contribution in [0, 0.1) is 23.5 Å². The first-order chi connectivity index (χ1) is 15.9. The Bertz CT molecular complexity index is 1200. The highest BCUT2D eigenvalue weighted by Gasteiger charge is 2.22. The molecule has 1 aromatic carbocycles. The minimum atomic E-state index is -0.639. The number of benzene rings is 1. The van der Waals surface area contributed by atoms with Crippen LogP contribution >= 0.6 is 11.6 Å². The highest BCUT2D eigenvalue weighted by molar-refractivity contribution is 6.31. The normalized spacial score (nSPS) is 13.5. The van der Waals surface area contributed by atoms with E-state index < -0.39 is 11.6 Å². The molecule has 0 bridgehead atoms. The van der Waals surface area contributed by atoms with Gasteiger partial charge < -0.3 is 9.80 Å². The average Bonchev–Trinajstić information content (AvgIpc) is 3.17. The van der Waals surface area contributed by atoms with Crippen LogP contribution in [0.25, 0.3) is 0 Å². The second-order valence-corrected chi connectivity index (χ2v) is 8.65. The molecule has 2 aromatic heterocycles. The van der Waals surface area contributed by atoms with Gasteiger partial charge in [-0.05, 0) is 51.4 Å². The lowest BCUT2D eigenvalue weighted by Gasteiger charge is -2.24. The number of anilines is 1. The molecule has 0 saturated heterocycles. The molecule has 0 unspecified atom stereocenters. The number of likely N-dealkylation sites (N-methyl/N-ethyl adjacent to an activating group) is 1. The minimum Gasteiger partial charge on any atom is -0.351 e. The summed E-state index contributed by atoms with van der Waals surface area (Å²) in [6.07, 6.45) is 7.87. The third-order valence-corrected chi connectivity index (χ3v) is 5.86. The van der Waals surface area contributed by atoms with Crippen LogP contribution in [0.2, 0.25) is 5.02 Å². The van der Waals surface area contributed by atoms with Gasteiger partial charge in [0.05, 0.1) is 35.2 Å². The van der Waals surface area contributed by atoms with E-state index >= 15 is 0 Å². The van der Waals surface area contributed by atoms with E-state index in [1.807, 2.05) is 29.9 Å². The number of nitrogens with zero attached hydrogens (tertiary/aromatic N) is 6. The topological polar surface area (TPSA) is 50.1 Å². The summed E-state index contributed by atoms with van der Waals surface area (Å²) in [7, 11) is 4.03. The number of rotatable bonds is 5. The zero-order valence-electron chi connectivity index (χ0n) is 18.7. The summed E-state index contributed by atoms with van der Waals surface area (Å²) in [4.78, 5) is 13.3. The SMILES string of the molecule is CN(C)CCn1cc(C#Cc2cnc3c(n2)N(Cc2c(F)ccc(F)c2Cl)CCCC3)cn1. The van der Waals surface area contributed by atoms with E-state index in [0.29, 0.717) is 18.1 Å². The van der Waals surface area contributed by atoms with Crippen molar-refractivity contribution < 1.29 is 8.78 Å². The van der Waals surface area contributed by atoms with Crippen LogP contribution in [0.4, 0.5) is 14.6 Å². The van der Waals surface area contributed by atoms with Crippen molar-refractivity contribution in [1.29, 1.82) is 0 Å². The van der Waals surface area contributed by atoms with Crippen molar-refractivity contribution in [3.8, 4) is 11.8 Å². The summed E-state index contributed by atoms with van der Waals surface area (Å²) < 4.78 is 30.2. The minimum absolute atomic E-state index is 0.111. The standard InChI is InChI=1S/C24H25ClF2N6/c1-31(2)11-12-33-15-17(13-29-33)6-7-18-14-28-22-5-3-4-10-32(24(22)30-18)16-19-20(26)8-9-21(27)23(19)25/h8-9,13-15H,3-5,10-12,16H2,1-2H3. The first-order valence-electron chi connectivity index (χ1n) is 10.8. The zero-order valence-corrected chi connectivity index (χ0v) is 19.4. The fourth-order valence-corrected chi connectivity index (χ4v) is 3.86. The summed E-state index contributed by atoms with van der Waals surface area (Å²) in [6.45, 7) is 2.42. The van der Waals surface area contributed by atoms with Crippen molar-refractivity contribution in [2.45, 2.75) is 32.4 Å². The van der Waals surface area contributed by atoms with Gasteiger partial charge in [0.25, 0.3) is 0 Å². The molecule has 4 rings (SSSR count). The van der Waals surface area contributed by atoms with E-state index in [9.17, 15) is 8.78 Å². The van der Waals surface area contributed by atoms with Gasteiger partial charge in [-0.2, -0.15) is 5.10 Å². The Labute approximate surface area is 197 Å². The molecule has 0 amide bonds. The highest BCUT2D eigenvalue weighted by Crippen LogP contribution is 2.29. The van der Waals surface area contributed by atoms with Crippen LogP contribution in [-0.2, 0) is 19.5 Å². The fourth-order valence-electron chi connectivity index (χ4n) is 3.64. The molecule has 1 aliphatic heterocycles. The van der Waals surface area contributed by atoms with Gasteiger partial charge in [-0.25, -0.2) is 13.8 Å². The second-order valence-electron chi connectivity index (χ2n) is 8.27. The van der Waals surface area contributed by atoms with E-state index in [1.165, 1.54) is 0 Å². The number of aromatic nitrogens is 4. The summed E-state index contributed by atoms with van der Waals surface area (Å²) in [5.41, 5.74) is 2.24. The molecule has 1 aliphatic rings. The molecular weight excluding hydrogens is 446 g/mol. The van der Waals surface area contributed by atoms with E-state index in [1.54, 1.807) is 12.4 Å². The van der Waals surface area contributed by atoms with Crippen LogP contribution < -0.4 is 4.90 Å². The van der Waals surface area contributed by atoms with E-state index in [-0.39, 0.29) is 17.1 Å². The fraction of sp³-hybridized carbons (Fsp3) is 0.375. The van der Waals surface area contributed by atoms with Gasteiger partial charge in [0, 0.05) is 31.4 Å². The molecule has 172 valence electrons. The molecule has 0 fully saturated rings. The monoisotopic (exact) mass is 470 g/mol. The Hall–Kier alpha value is -3.02. The third kappa shape index (κ3) is 5.67. The Balaban J connectivity index is 1.58. The van der Waals surface area contributed by atoms with Crippen LogP contribution in [0.1, 0.15) is 35.4 Å². The maximum absolute atomic E-state index is 14.4. The first-order valence-corrected chi connectivity index (χ1v) is 11.2. The molecule has 0 aliphatic carbocycles. The summed E-state index contributed by atoms with van der Waals surface area (Å²) in [5, 5.41) is 4.13. The zero-order chi connectivity index (χ0) is 23.4. The van der Waals surface area contributed by atoms with Crippen molar-refractivity contribution in [2.75, 3.05) is 32.1 Å². The molecule has 33 heavy (non-hydrogen) atoms. The lowest BCUT2D eigenvalue weighted by Crippen LogP contribution is -2.26. The van der Waals surface area contributed by atoms with Gasteiger partial charge in [-0.1, -0.05) is 17.5 Å². The lowest BCUT2D eigenvalue weighted by atomic mass is 10.2. The quantitative estimate of drug-likeness (QED) is 0.418. The van der Waals surface area contributed by atoms with Crippen LogP contribution in [0.5, 0.6) is 0 Å².